The van der Waals surface area contributed by atoms with Gasteiger partial charge in [0, 0.05) is 18.7 Å². The van der Waals surface area contributed by atoms with Gasteiger partial charge in [-0.2, -0.15) is 0 Å². The number of ether oxygens (including phenoxy) is 1. The van der Waals surface area contributed by atoms with Gasteiger partial charge >= 0.3 is 0 Å². The number of aliphatic hydroxyl groups is 1. The van der Waals surface area contributed by atoms with Gasteiger partial charge in [0.05, 0.1) is 7.11 Å². The molecule has 2 rings (SSSR count). The van der Waals surface area contributed by atoms with Crippen LogP contribution in [0.3, 0.4) is 0 Å². The molecule has 0 aromatic heterocycles. The zero-order valence-corrected chi connectivity index (χ0v) is 12.1. The standard InChI is InChI=1S/C16H25NO2/c1-11(10-18)12(2)17-16(13-4-5-13)14-6-8-15(19-3)9-7-14/h6-9,11-13,16-18H,4-5,10H2,1-3H3. The predicted octanol–water partition coefficient (Wildman–Crippen LogP) is 2.75. The summed E-state index contributed by atoms with van der Waals surface area (Å²) in [5.41, 5.74) is 1.32. The molecule has 0 heterocycles. The van der Waals surface area contributed by atoms with E-state index in [0.717, 1.165) is 11.7 Å². The minimum absolute atomic E-state index is 0.230. The van der Waals surface area contributed by atoms with Crippen molar-refractivity contribution in [1.29, 1.82) is 0 Å². The van der Waals surface area contributed by atoms with E-state index in [1.165, 1.54) is 18.4 Å². The third-order valence-electron chi connectivity index (χ3n) is 4.15. The zero-order chi connectivity index (χ0) is 13.8. The minimum Gasteiger partial charge on any atom is -0.497 e. The van der Waals surface area contributed by atoms with Crippen LogP contribution in [0.25, 0.3) is 0 Å². The van der Waals surface area contributed by atoms with Crippen LogP contribution in [0.15, 0.2) is 24.3 Å². The van der Waals surface area contributed by atoms with Crippen molar-refractivity contribution in [1.82, 2.24) is 5.32 Å². The second-order valence-electron chi connectivity index (χ2n) is 5.70. The summed E-state index contributed by atoms with van der Waals surface area (Å²) < 4.78 is 5.21. The largest absolute Gasteiger partial charge is 0.497 e. The van der Waals surface area contributed by atoms with Gasteiger partial charge in [-0.05, 0) is 49.3 Å². The first kappa shape index (κ1) is 14.4. The number of aliphatic hydroxyl groups excluding tert-OH is 1. The van der Waals surface area contributed by atoms with Gasteiger partial charge < -0.3 is 15.2 Å². The van der Waals surface area contributed by atoms with Crippen LogP contribution in [0, 0.1) is 11.8 Å². The maximum absolute atomic E-state index is 9.25. The van der Waals surface area contributed by atoms with E-state index in [4.69, 9.17) is 4.74 Å². The summed E-state index contributed by atoms with van der Waals surface area (Å²) in [7, 11) is 1.69. The highest BCUT2D eigenvalue weighted by Crippen LogP contribution is 2.41. The van der Waals surface area contributed by atoms with Crippen LogP contribution in [0.5, 0.6) is 5.75 Å². The van der Waals surface area contributed by atoms with Crippen LogP contribution in [0.1, 0.15) is 38.3 Å². The fourth-order valence-electron chi connectivity index (χ4n) is 2.35. The highest BCUT2D eigenvalue weighted by Gasteiger charge is 2.33. The zero-order valence-electron chi connectivity index (χ0n) is 12.1. The Morgan fingerprint density at radius 1 is 1.26 bits per heavy atom. The molecule has 3 atom stereocenters. The molecule has 1 saturated carbocycles. The first-order valence-electron chi connectivity index (χ1n) is 7.16. The highest BCUT2D eigenvalue weighted by molar-refractivity contribution is 5.30. The first-order valence-corrected chi connectivity index (χ1v) is 7.16. The van der Waals surface area contributed by atoms with Crippen LogP contribution in [0.4, 0.5) is 0 Å². The Labute approximate surface area is 116 Å². The SMILES string of the molecule is COc1ccc(C(NC(C)C(C)CO)C2CC2)cc1. The third-order valence-corrected chi connectivity index (χ3v) is 4.15. The van der Waals surface area contributed by atoms with Crippen molar-refractivity contribution in [2.24, 2.45) is 11.8 Å². The van der Waals surface area contributed by atoms with E-state index in [0.29, 0.717) is 12.1 Å². The molecule has 0 aliphatic heterocycles. The fraction of sp³-hybridized carbons (Fsp3) is 0.625. The lowest BCUT2D eigenvalue weighted by atomic mass is 9.98. The number of benzene rings is 1. The van der Waals surface area contributed by atoms with Gasteiger partial charge in [0.25, 0.3) is 0 Å². The van der Waals surface area contributed by atoms with Crippen molar-refractivity contribution in [2.75, 3.05) is 13.7 Å². The monoisotopic (exact) mass is 263 g/mol. The Morgan fingerprint density at radius 3 is 2.37 bits per heavy atom. The number of rotatable bonds is 7. The molecule has 106 valence electrons. The highest BCUT2D eigenvalue weighted by atomic mass is 16.5. The van der Waals surface area contributed by atoms with Crippen molar-refractivity contribution < 1.29 is 9.84 Å². The van der Waals surface area contributed by atoms with E-state index in [9.17, 15) is 5.11 Å². The second-order valence-corrected chi connectivity index (χ2v) is 5.70. The number of nitrogens with one attached hydrogen (secondary N) is 1. The fourth-order valence-corrected chi connectivity index (χ4v) is 2.35. The molecule has 0 amide bonds. The van der Waals surface area contributed by atoms with Crippen molar-refractivity contribution >= 4 is 0 Å². The molecule has 2 N–H and O–H groups in total. The Balaban J connectivity index is 2.06. The van der Waals surface area contributed by atoms with E-state index in [2.05, 4.69) is 31.3 Å². The van der Waals surface area contributed by atoms with E-state index in [-0.39, 0.29) is 12.5 Å². The second kappa shape index (κ2) is 6.40. The van der Waals surface area contributed by atoms with Gasteiger partial charge in [0.2, 0.25) is 0 Å². The molecule has 1 aromatic carbocycles. The van der Waals surface area contributed by atoms with Crippen LogP contribution in [-0.4, -0.2) is 24.9 Å². The molecular formula is C16H25NO2. The molecule has 19 heavy (non-hydrogen) atoms. The van der Waals surface area contributed by atoms with Crippen LogP contribution in [-0.2, 0) is 0 Å². The quantitative estimate of drug-likeness (QED) is 0.795. The van der Waals surface area contributed by atoms with Crippen LogP contribution >= 0.6 is 0 Å². The van der Waals surface area contributed by atoms with Crippen molar-refractivity contribution in [3.8, 4) is 5.75 Å². The molecule has 3 unspecified atom stereocenters. The summed E-state index contributed by atoms with van der Waals surface area (Å²) in [6.45, 7) is 4.46. The molecule has 0 saturated heterocycles. The van der Waals surface area contributed by atoms with Gasteiger partial charge in [0.1, 0.15) is 5.75 Å². The summed E-state index contributed by atoms with van der Waals surface area (Å²) in [5.74, 6) is 1.91. The topological polar surface area (TPSA) is 41.5 Å². The van der Waals surface area contributed by atoms with Gasteiger partial charge in [-0.1, -0.05) is 19.1 Å². The molecule has 1 fully saturated rings. The van der Waals surface area contributed by atoms with Crippen LogP contribution in [0.2, 0.25) is 0 Å². The average molecular weight is 263 g/mol. The van der Waals surface area contributed by atoms with Crippen LogP contribution < -0.4 is 10.1 Å². The lowest BCUT2D eigenvalue weighted by Gasteiger charge is -2.27. The molecule has 0 spiro atoms. The molecule has 1 aliphatic rings. The maximum atomic E-state index is 9.25. The summed E-state index contributed by atoms with van der Waals surface area (Å²) >= 11 is 0. The predicted molar refractivity (Wildman–Crippen MR) is 77.3 cm³/mol. The molecule has 0 radical (unpaired) electrons. The molecule has 0 bridgehead atoms. The third kappa shape index (κ3) is 3.71. The lowest BCUT2D eigenvalue weighted by Crippen LogP contribution is -2.37. The van der Waals surface area contributed by atoms with Crippen molar-refractivity contribution in [3.05, 3.63) is 29.8 Å². The summed E-state index contributed by atoms with van der Waals surface area (Å²) in [4.78, 5) is 0. The van der Waals surface area contributed by atoms with E-state index < -0.39 is 0 Å². The average Bonchev–Trinajstić information content (AvgIpc) is 3.28. The van der Waals surface area contributed by atoms with Crippen molar-refractivity contribution in [2.45, 2.75) is 38.8 Å². The number of hydrogen-bond donors (Lipinski definition) is 2. The number of methoxy groups -OCH3 is 1. The Kier molecular flexibility index (Phi) is 4.83. The summed E-state index contributed by atoms with van der Waals surface area (Å²) in [5, 5.41) is 12.9. The number of hydrogen-bond acceptors (Lipinski definition) is 3. The van der Waals surface area contributed by atoms with Gasteiger partial charge in [-0.3, -0.25) is 0 Å². The Hall–Kier alpha value is -1.06. The van der Waals surface area contributed by atoms with E-state index in [1.54, 1.807) is 7.11 Å². The normalized spacial score (nSPS) is 19.8. The van der Waals surface area contributed by atoms with Gasteiger partial charge in [-0.25, -0.2) is 0 Å². The van der Waals surface area contributed by atoms with Gasteiger partial charge in [-0.15, -0.1) is 0 Å². The maximum Gasteiger partial charge on any atom is 0.118 e. The molecule has 1 aliphatic carbocycles. The van der Waals surface area contributed by atoms with Crippen molar-refractivity contribution in [3.63, 3.8) is 0 Å². The minimum atomic E-state index is 0.230. The summed E-state index contributed by atoms with van der Waals surface area (Å²) in [6.07, 6.45) is 2.59. The van der Waals surface area contributed by atoms with E-state index >= 15 is 0 Å². The molecular weight excluding hydrogens is 238 g/mol. The molecule has 3 heteroatoms. The Morgan fingerprint density at radius 2 is 1.89 bits per heavy atom. The Bertz CT molecular complexity index is 386. The first-order chi connectivity index (χ1) is 9.15. The lowest BCUT2D eigenvalue weighted by molar-refractivity contribution is 0.198. The molecule has 3 nitrogen and oxygen atoms in total. The molecule has 1 aromatic rings. The smallest absolute Gasteiger partial charge is 0.118 e. The summed E-state index contributed by atoms with van der Waals surface area (Å²) in [6, 6.07) is 9.04. The van der Waals surface area contributed by atoms with Gasteiger partial charge in [0.15, 0.2) is 0 Å². The van der Waals surface area contributed by atoms with E-state index in [1.807, 2.05) is 12.1 Å².